The second-order valence-electron chi connectivity index (χ2n) is 4.94. The molecular formula is C16H20N2O2S. The van der Waals surface area contributed by atoms with Gasteiger partial charge in [0.15, 0.2) is 0 Å². The van der Waals surface area contributed by atoms with Gasteiger partial charge >= 0.3 is 0 Å². The van der Waals surface area contributed by atoms with E-state index in [1.165, 1.54) is 11.9 Å². The topological polar surface area (TPSA) is 49.4 Å². The molecule has 0 bridgehead atoms. The first kappa shape index (κ1) is 15.6. The Bertz CT molecular complexity index is 516. The summed E-state index contributed by atoms with van der Waals surface area (Å²) in [5.41, 5.74) is 0.823. The van der Waals surface area contributed by atoms with Gasteiger partial charge in [-0.1, -0.05) is 42.3 Å². The second-order valence-corrected chi connectivity index (χ2v) is 5.74. The number of anilines is 1. The molecule has 0 radical (unpaired) electrons. The third kappa shape index (κ3) is 4.63. The lowest BCUT2D eigenvalue weighted by Crippen LogP contribution is -2.47. The molecule has 112 valence electrons. The van der Waals surface area contributed by atoms with Crippen LogP contribution in [0.2, 0.25) is 0 Å². The quantitative estimate of drug-likeness (QED) is 0.478. The van der Waals surface area contributed by atoms with Crippen LogP contribution in [0.4, 0.5) is 5.69 Å². The van der Waals surface area contributed by atoms with Gasteiger partial charge in [0.25, 0.3) is 0 Å². The van der Waals surface area contributed by atoms with E-state index in [2.05, 4.69) is 5.32 Å². The van der Waals surface area contributed by atoms with E-state index in [1.807, 2.05) is 48.7 Å². The number of hydrogen-bond donors (Lipinski definition) is 1. The Kier molecular flexibility index (Phi) is 5.87. The van der Waals surface area contributed by atoms with Crippen molar-refractivity contribution in [3.05, 3.63) is 42.5 Å². The monoisotopic (exact) mass is 304 g/mol. The predicted octanol–water partition coefficient (Wildman–Crippen LogP) is 3.09. The molecule has 1 heterocycles. The number of benzene rings is 1. The number of allylic oxidation sites excluding steroid dienone is 2. The van der Waals surface area contributed by atoms with Crippen LogP contribution >= 0.6 is 11.9 Å². The Balaban J connectivity index is 1.60. The molecule has 1 aromatic carbocycles. The van der Waals surface area contributed by atoms with Crippen molar-refractivity contribution in [2.45, 2.75) is 19.3 Å². The summed E-state index contributed by atoms with van der Waals surface area (Å²) >= 11 is 1.48. The van der Waals surface area contributed by atoms with Crippen molar-refractivity contribution in [3.63, 3.8) is 0 Å². The van der Waals surface area contributed by atoms with Gasteiger partial charge in [-0.3, -0.25) is 13.9 Å². The number of hydrogen-bond acceptors (Lipinski definition) is 3. The number of nitrogens with zero attached hydrogens (tertiary/aromatic N) is 1. The van der Waals surface area contributed by atoms with Gasteiger partial charge in [-0.25, -0.2) is 0 Å². The minimum absolute atomic E-state index is 0.0131. The average molecular weight is 304 g/mol. The third-order valence-corrected chi connectivity index (χ3v) is 4.15. The largest absolute Gasteiger partial charge is 0.326 e. The van der Waals surface area contributed by atoms with Crippen LogP contribution < -0.4 is 5.32 Å². The van der Waals surface area contributed by atoms with Crippen LogP contribution in [-0.2, 0) is 9.59 Å². The van der Waals surface area contributed by atoms with Crippen molar-refractivity contribution in [1.82, 2.24) is 4.31 Å². The highest BCUT2D eigenvalue weighted by Gasteiger charge is 2.34. The van der Waals surface area contributed by atoms with Crippen LogP contribution in [0, 0.1) is 5.92 Å². The smallest absolute Gasteiger partial charge is 0.237 e. The molecule has 0 unspecified atom stereocenters. The molecule has 2 amide bonds. The molecule has 4 nitrogen and oxygen atoms in total. The summed E-state index contributed by atoms with van der Waals surface area (Å²) in [5.74, 6) is 0.361. The highest BCUT2D eigenvalue weighted by Crippen LogP contribution is 2.26. The van der Waals surface area contributed by atoms with E-state index in [4.69, 9.17) is 0 Å². The van der Waals surface area contributed by atoms with Gasteiger partial charge in [0.2, 0.25) is 11.8 Å². The van der Waals surface area contributed by atoms with E-state index in [9.17, 15) is 9.59 Å². The molecule has 0 spiro atoms. The fourth-order valence-electron chi connectivity index (χ4n) is 2.14. The fraction of sp³-hybridized carbons (Fsp3) is 0.375. The van der Waals surface area contributed by atoms with Gasteiger partial charge in [0.05, 0.1) is 5.92 Å². The van der Waals surface area contributed by atoms with Crippen LogP contribution in [0.3, 0.4) is 0 Å². The predicted molar refractivity (Wildman–Crippen MR) is 86.8 cm³/mol. The van der Waals surface area contributed by atoms with Crippen LogP contribution in [0.15, 0.2) is 42.5 Å². The third-order valence-electron chi connectivity index (χ3n) is 3.38. The summed E-state index contributed by atoms with van der Waals surface area (Å²) in [6.07, 6.45) is 7.84. The first-order valence-corrected chi connectivity index (χ1v) is 8.24. The minimum Gasteiger partial charge on any atom is -0.326 e. The standard InChI is InChI=1S/C16H20N2O2S/c1-21-18-12-13(16(18)20)8-4-2-7-11-15(19)17-14-9-5-3-6-10-14/h2-6,9-10,13H,7-8,11-12H2,1H3,(H,17,19)/b4-2-/t13-/m0/s1. The zero-order valence-corrected chi connectivity index (χ0v) is 12.9. The lowest BCUT2D eigenvalue weighted by molar-refractivity contribution is -0.139. The average Bonchev–Trinajstić information content (AvgIpc) is 2.50. The van der Waals surface area contributed by atoms with Gasteiger partial charge < -0.3 is 5.32 Å². The lowest BCUT2D eigenvalue weighted by atomic mass is 9.97. The Morgan fingerprint density at radius 1 is 1.38 bits per heavy atom. The molecule has 2 rings (SSSR count). The van der Waals surface area contributed by atoms with Crippen LogP contribution in [0.25, 0.3) is 0 Å². The van der Waals surface area contributed by atoms with Crippen molar-refractivity contribution in [2.75, 3.05) is 18.1 Å². The molecule has 1 aliphatic rings. The summed E-state index contributed by atoms with van der Waals surface area (Å²) in [5, 5.41) is 2.85. The van der Waals surface area contributed by atoms with Gasteiger partial charge in [-0.2, -0.15) is 0 Å². The maximum absolute atomic E-state index is 11.7. The van der Waals surface area contributed by atoms with E-state index in [-0.39, 0.29) is 17.7 Å². The summed E-state index contributed by atoms with van der Waals surface area (Å²) in [7, 11) is 0. The number of rotatable bonds is 7. The van der Waals surface area contributed by atoms with Gasteiger partial charge in [-0.05, 0) is 25.0 Å². The van der Waals surface area contributed by atoms with E-state index in [1.54, 1.807) is 4.31 Å². The molecule has 0 aliphatic carbocycles. The molecule has 21 heavy (non-hydrogen) atoms. The molecular weight excluding hydrogens is 284 g/mol. The normalized spacial score (nSPS) is 17.9. The highest BCUT2D eigenvalue weighted by atomic mass is 32.2. The molecule has 5 heteroatoms. The molecule has 0 aromatic heterocycles. The fourth-order valence-corrected chi connectivity index (χ4v) is 2.80. The van der Waals surface area contributed by atoms with Crippen molar-refractivity contribution in [2.24, 2.45) is 5.92 Å². The highest BCUT2D eigenvalue weighted by molar-refractivity contribution is 7.96. The Hall–Kier alpha value is -1.75. The van der Waals surface area contributed by atoms with Crippen molar-refractivity contribution >= 4 is 29.4 Å². The molecule has 1 N–H and O–H groups in total. The van der Waals surface area contributed by atoms with E-state index in [0.29, 0.717) is 12.8 Å². The maximum Gasteiger partial charge on any atom is 0.237 e. The number of carbonyl (C=O) groups excluding carboxylic acids is 2. The molecule has 1 atom stereocenters. The zero-order chi connectivity index (χ0) is 15.1. The van der Waals surface area contributed by atoms with Gasteiger partial charge in [0.1, 0.15) is 0 Å². The van der Waals surface area contributed by atoms with E-state index >= 15 is 0 Å². The SMILES string of the molecule is CSN1C[C@H](C/C=C\CCC(=O)Nc2ccccc2)C1=O. The lowest BCUT2D eigenvalue weighted by Gasteiger charge is -2.35. The molecule has 1 fully saturated rings. The Labute approximate surface area is 129 Å². The summed E-state index contributed by atoms with van der Waals surface area (Å²) < 4.78 is 1.77. The van der Waals surface area contributed by atoms with Crippen molar-refractivity contribution in [1.29, 1.82) is 0 Å². The van der Waals surface area contributed by atoms with E-state index < -0.39 is 0 Å². The van der Waals surface area contributed by atoms with Crippen LogP contribution in [0.5, 0.6) is 0 Å². The molecule has 1 aromatic rings. The van der Waals surface area contributed by atoms with Crippen LogP contribution in [0.1, 0.15) is 19.3 Å². The molecule has 1 aliphatic heterocycles. The number of amides is 2. The summed E-state index contributed by atoms with van der Waals surface area (Å²) in [4.78, 5) is 23.3. The first-order chi connectivity index (χ1) is 10.2. The minimum atomic E-state index is 0.0131. The van der Waals surface area contributed by atoms with Crippen molar-refractivity contribution < 1.29 is 9.59 Å². The second kappa shape index (κ2) is 7.88. The number of β-lactam (4-membered cyclic amide) rings is 1. The summed E-state index contributed by atoms with van der Waals surface area (Å²) in [6.45, 7) is 0.832. The number of carbonyl (C=O) groups is 2. The van der Waals surface area contributed by atoms with Gasteiger partial charge in [-0.15, -0.1) is 0 Å². The molecule has 0 saturated carbocycles. The first-order valence-electron chi connectivity index (χ1n) is 7.06. The Morgan fingerprint density at radius 2 is 2.14 bits per heavy atom. The van der Waals surface area contributed by atoms with Crippen LogP contribution in [-0.4, -0.2) is 28.9 Å². The zero-order valence-electron chi connectivity index (χ0n) is 12.1. The Morgan fingerprint density at radius 3 is 2.81 bits per heavy atom. The summed E-state index contributed by atoms with van der Waals surface area (Å²) in [6, 6.07) is 9.44. The van der Waals surface area contributed by atoms with Crippen molar-refractivity contribution in [3.8, 4) is 0 Å². The van der Waals surface area contributed by atoms with E-state index in [0.717, 1.165) is 18.7 Å². The number of nitrogens with one attached hydrogen (secondary N) is 1. The molecule has 1 saturated heterocycles. The number of para-hydroxylation sites is 1. The maximum atomic E-state index is 11.7. The van der Waals surface area contributed by atoms with Gasteiger partial charge in [0, 0.05) is 24.9 Å².